The number of anilines is 2. The van der Waals surface area contributed by atoms with Gasteiger partial charge >= 0.3 is 0 Å². The van der Waals surface area contributed by atoms with E-state index in [4.69, 9.17) is 28.9 Å². The molecule has 9 heteroatoms. The van der Waals surface area contributed by atoms with Crippen LogP contribution in [0.15, 0.2) is 36.7 Å². The molecule has 4 aromatic rings. The highest BCUT2D eigenvalue weighted by atomic mass is 35.5. The Morgan fingerprint density at radius 1 is 1.11 bits per heavy atom. The van der Waals surface area contributed by atoms with Crippen molar-refractivity contribution < 1.29 is 0 Å². The maximum atomic E-state index is 6.32. The minimum Gasteiger partial charge on any atom is -0.383 e. The van der Waals surface area contributed by atoms with Crippen LogP contribution >= 0.6 is 23.2 Å². The smallest absolute Gasteiger partial charge is 0.224 e. The van der Waals surface area contributed by atoms with Gasteiger partial charge in [0.15, 0.2) is 0 Å². The van der Waals surface area contributed by atoms with E-state index >= 15 is 0 Å². The van der Waals surface area contributed by atoms with E-state index in [2.05, 4.69) is 25.4 Å². The lowest BCUT2D eigenvalue weighted by Crippen LogP contribution is -2.05. The van der Waals surface area contributed by atoms with Crippen LogP contribution in [0.4, 0.5) is 11.8 Å². The number of aromatic nitrogens is 5. The molecule has 0 aliphatic rings. The van der Waals surface area contributed by atoms with E-state index in [-0.39, 0.29) is 0 Å². The van der Waals surface area contributed by atoms with Gasteiger partial charge in [0, 0.05) is 24.8 Å². The minimum atomic E-state index is 0.343. The molecule has 3 heterocycles. The number of hydrogen-bond acceptors (Lipinski definition) is 6. The van der Waals surface area contributed by atoms with Crippen molar-refractivity contribution in [2.45, 2.75) is 6.92 Å². The largest absolute Gasteiger partial charge is 0.383 e. The fourth-order valence-electron chi connectivity index (χ4n) is 2.97. The average Bonchev–Trinajstić information content (AvgIpc) is 3.05. The van der Waals surface area contributed by atoms with E-state index < -0.39 is 0 Å². The lowest BCUT2D eigenvalue weighted by atomic mass is 10.1. The Morgan fingerprint density at radius 2 is 1.85 bits per heavy atom. The van der Waals surface area contributed by atoms with Gasteiger partial charge in [-0.3, -0.25) is 4.98 Å². The Labute approximate surface area is 165 Å². The number of hydrogen-bond donors (Lipinski definition) is 2. The van der Waals surface area contributed by atoms with Crippen LogP contribution in [0.5, 0.6) is 0 Å². The van der Waals surface area contributed by atoms with Gasteiger partial charge in [-0.05, 0) is 25.1 Å². The number of nitrogen functional groups attached to an aromatic ring is 1. The molecule has 0 unspecified atom stereocenters. The van der Waals surface area contributed by atoms with Gasteiger partial charge in [0.2, 0.25) is 5.95 Å². The number of halogens is 2. The second-order valence-electron chi connectivity index (χ2n) is 5.88. The van der Waals surface area contributed by atoms with Gasteiger partial charge in [-0.1, -0.05) is 29.3 Å². The van der Waals surface area contributed by atoms with Gasteiger partial charge in [0.05, 0.1) is 32.5 Å². The number of rotatable bonds is 3. The zero-order valence-electron chi connectivity index (χ0n) is 14.5. The molecule has 0 saturated heterocycles. The Bertz CT molecular complexity index is 1130. The molecule has 0 aliphatic carbocycles. The van der Waals surface area contributed by atoms with Gasteiger partial charge in [0.1, 0.15) is 11.5 Å². The molecule has 0 fully saturated rings. The monoisotopic (exact) mass is 399 g/mol. The SMILES string of the molecule is CNc1nc(C)c(-c2nccc3nn(-c4c(Cl)cccc4Cl)cc23)c(N)n1. The van der Waals surface area contributed by atoms with Crippen LogP contribution in [-0.2, 0) is 0 Å². The molecule has 0 saturated carbocycles. The standard InChI is InChI=1S/C18H15Cl2N7/c1-9-14(17(21)25-18(22-2)24-9)15-10-8-27(26-13(10)6-7-23-15)16-11(19)4-3-5-12(16)20/h3-8H,1-2H3,(H3,21,22,24,25). The second-order valence-corrected chi connectivity index (χ2v) is 6.69. The maximum absolute atomic E-state index is 6.32. The first-order chi connectivity index (χ1) is 13.0. The molecule has 136 valence electrons. The number of nitrogens with two attached hydrogens (primary N) is 1. The highest BCUT2D eigenvalue weighted by Crippen LogP contribution is 2.34. The number of aryl methyl sites for hydroxylation is 1. The molecule has 0 aliphatic heterocycles. The number of fused-ring (bicyclic) bond motifs is 1. The first-order valence-corrected chi connectivity index (χ1v) is 8.86. The molecule has 0 spiro atoms. The first-order valence-electron chi connectivity index (χ1n) is 8.10. The summed E-state index contributed by atoms with van der Waals surface area (Å²) in [6, 6.07) is 7.13. The predicted octanol–water partition coefficient (Wildman–Crippen LogP) is 4.12. The average molecular weight is 400 g/mol. The summed E-state index contributed by atoms with van der Waals surface area (Å²) in [7, 11) is 1.74. The number of nitrogens with zero attached hydrogens (tertiary/aromatic N) is 5. The van der Waals surface area contributed by atoms with Crippen molar-refractivity contribution >= 4 is 45.9 Å². The predicted molar refractivity (Wildman–Crippen MR) is 109 cm³/mol. The molecule has 4 rings (SSSR count). The van der Waals surface area contributed by atoms with Gasteiger partial charge in [-0.15, -0.1) is 0 Å². The molecule has 0 bridgehead atoms. The Morgan fingerprint density at radius 3 is 2.52 bits per heavy atom. The number of pyridine rings is 1. The molecule has 1 aromatic carbocycles. The van der Waals surface area contributed by atoms with Crippen molar-refractivity contribution in [3.63, 3.8) is 0 Å². The van der Waals surface area contributed by atoms with Crippen molar-refractivity contribution in [3.05, 3.63) is 52.4 Å². The summed E-state index contributed by atoms with van der Waals surface area (Å²) >= 11 is 12.6. The lowest BCUT2D eigenvalue weighted by molar-refractivity contribution is 0.897. The molecule has 3 N–H and O–H groups in total. The molecule has 7 nitrogen and oxygen atoms in total. The van der Waals surface area contributed by atoms with Crippen LogP contribution in [0.25, 0.3) is 27.8 Å². The van der Waals surface area contributed by atoms with Crippen molar-refractivity contribution in [1.82, 2.24) is 24.7 Å². The number of benzene rings is 1. The summed E-state index contributed by atoms with van der Waals surface area (Å²) in [6.45, 7) is 1.87. The molecular formula is C18H15Cl2N7. The van der Waals surface area contributed by atoms with Gasteiger partial charge in [0.25, 0.3) is 0 Å². The van der Waals surface area contributed by atoms with E-state index in [0.29, 0.717) is 38.8 Å². The summed E-state index contributed by atoms with van der Waals surface area (Å²) in [6.07, 6.45) is 3.50. The van der Waals surface area contributed by atoms with Crippen LogP contribution < -0.4 is 11.1 Å². The van der Waals surface area contributed by atoms with Crippen molar-refractivity contribution in [1.29, 1.82) is 0 Å². The Hall–Kier alpha value is -2.90. The summed E-state index contributed by atoms with van der Waals surface area (Å²) in [5, 5.41) is 9.29. The first kappa shape index (κ1) is 17.5. The summed E-state index contributed by atoms with van der Waals surface area (Å²) < 4.78 is 1.65. The van der Waals surface area contributed by atoms with Crippen LogP contribution in [-0.4, -0.2) is 31.8 Å². The molecular weight excluding hydrogens is 385 g/mol. The third-order valence-electron chi connectivity index (χ3n) is 4.18. The van der Waals surface area contributed by atoms with E-state index in [1.165, 1.54) is 0 Å². The van der Waals surface area contributed by atoms with Crippen LogP contribution in [0, 0.1) is 6.92 Å². The zero-order chi connectivity index (χ0) is 19.1. The van der Waals surface area contributed by atoms with Gasteiger partial charge < -0.3 is 11.1 Å². The normalized spacial score (nSPS) is 11.1. The zero-order valence-corrected chi connectivity index (χ0v) is 16.0. The summed E-state index contributed by atoms with van der Waals surface area (Å²) in [4.78, 5) is 13.2. The van der Waals surface area contributed by atoms with Crippen LogP contribution in [0.1, 0.15) is 5.69 Å². The van der Waals surface area contributed by atoms with Crippen molar-refractivity contribution in [2.24, 2.45) is 0 Å². The third-order valence-corrected chi connectivity index (χ3v) is 4.79. The third kappa shape index (κ3) is 2.94. The summed E-state index contributed by atoms with van der Waals surface area (Å²) in [5.41, 5.74) is 9.56. The molecule has 27 heavy (non-hydrogen) atoms. The summed E-state index contributed by atoms with van der Waals surface area (Å²) in [5.74, 6) is 0.801. The quantitative estimate of drug-likeness (QED) is 0.537. The fourth-order valence-corrected chi connectivity index (χ4v) is 3.54. The van der Waals surface area contributed by atoms with E-state index in [1.54, 1.807) is 36.1 Å². The highest BCUT2D eigenvalue weighted by Gasteiger charge is 2.18. The van der Waals surface area contributed by atoms with Crippen LogP contribution in [0.3, 0.4) is 0 Å². The van der Waals surface area contributed by atoms with E-state index in [9.17, 15) is 0 Å². The van der Waals surface area contributed by atoms with Gasteiger partial charge in [-0.25, -0.2) is 9.67 Å². The number of para-hydroxylation sites is 1. The maximum Gasteiger partial charge on any atom is 0.224 e. The Kier molecular flexibility index (Phi) is 4.33. The van der Waals surface area contributed by atoms with E-state index in [1.807, 2.05) is 19.2 Å². The molecule has 0 amide bonds. The topological polar surface area (TPSA) is 94.5 Å². The number of nitrogens with one attached hydrogen (secondary N) is 1. The van der Waals surface area contributed by atoms with E-state index in [0.717, 1.165) is 16.6 Å². The second kappa shape index (κ2) is 6.68. The fraction of sp³-hybridized carbons (Fsp3) is 0.111. The molecule has 0 atom stereocenters. The van der Waals surface area contributed by atoms with Crippen molar-refractivity contribution in [3.8, 4) is 16.9 Å². The molecule has 3 aromatic heterocycles. The molecule has 0 radical (unpaired) electrons. The lowest BCUT2D eigenvalue weighted by Gasteiger charge is -2.10. The minimum absolute atomic E-state index is 0.343. The highest BCUT2D eigenvalue weighted by molar-refractivity contribution is 6.37. The van der Waals surface area contributed by atoms with Crippen LogP contribution in [0.2, 0.25) is 10.0 Å². The van der Waals surface area contributed by atoms with Crippen molar-refractivity contribution in [2.75, 3.05) is 18.1 Å². The Balaban J connectivity index is 1.96. The van der Waals surface area contributed by atoms with Gasteiger partial charge in [-0.2, -0.15) is 10.1 Å².